The number of halogens is 1. The molecule has 2 rings (SSSR count). The fourth-order valence-corrected chi connectivity index (χ4v) is 2.48. The largest absolute Gasteiger partial charge is 0.360 e. The average Bonchev–Trinajstić information content (AvgIpc) is 2.43. The highest BCUT2D eigenvalue weighted by Gasteiger charge is 2.22. The van der Waals surface area contributed by atoms with Gasteiger partial charge in [-0.25, -0.2) is 0 Å². The summed E-state index contributed by atoms with van der Waals surface area (Å²) in [5, 5.41) is 12.0. The zero-order valence-electron chi connectivity index (χ0n) is 7.33. The normalized spacial score (nSPS) is 18.6. The van der Waals surface area contributed by atoms with Crippen molar-refractivity contribution in [2.75, 3.05) is 32.0 Å². The average molecular weight is 263 g/mol. The molecule has 0 bridgehead atoms. The number of aromatic nitrogens is 2. The predicted octanol–water partition coefficient (Wildman–Crippen LogP) is 1.27. The van der Waals surface area contributed by atoms with Crippen molar-refractivity contribution in [3.63, 3.8) is 0 Å². The molecule has 4 nitrogen and oxygen atoms in total. The van der Waals surface area contributed by atoms with Gasteiger partial charge in [-0.05, 0) is 23.0 Å². The summed E-state index contributed by atoms with van der Waals surface area (Å²) in [6.45, 7) is 3.38. The molecule has 0 aliphatic carbocycles. The van der Waals surface area contributed by atoms with Gasteiger partial charge in [-0.1, -0.05) is 11.3 Å². The van der Waals surface area contributed by atoms with Crippen LogP contribution in [-0.2, 0) is 0 Å². The fourth-order valence-electron chi connectivity index (χ4n) is 1.47. The van der Waals surface area contributed by atoms with E-state index in [0.29, 0.717) is 0 Å². The van der Waals surface area contributed by atoms with Crippen molar-refractivity contribution < 1.29 is 0 Å². The first-order valence-electron chi connectivity index (χ1n) is 4.15. The second kappa shape index (κ2) is 3.89. The topological polar surface area (TPSA) is 41.0 Å². The lowest BCUT2D eigenvalue weighted by Gasteiger charge is -2.36. The summed E-state index contributed by atoms with van der Waals surface area (Å²) in [4.78, 5) is 2.31. The minimum atomic E-state index is 0.771. The van der Waals surface area contributed by atoms with Crippen LogP contribution in [-0.4, -0.2) is 41.8 Å². The molecule has 0 amide bonds. The molecule has 1 aromatic heterocycles. The van der Waals surface area contributed by atoms with Gasteiger partial charge < -0.3 is 10.2 Å². The smallest absolute Gasteiger partial charge is 0.206 e. The van der Waals surface area contributed by atoms with Crippen LogP contribution in [0.5, 0.6) is 0 Å². The molecule has 1 aromatic rings. The van der Waals surface area contributed by atoms with E-state index < -0.39 is 0 Å². The standard InChI is InChI=1S/C7H11BrN4S/c1-12-3-5(4-12)2-9-7-11-10-6(8)13-7/h5H,2-4H2,1H3,(H,9,11). The first kappa shape index (κ1) is 9.36. The lowest BCUT2D eigenvalue weighted by Crippen LogP contribution is -2.46. The fraction of sp³-hybridized carbons (Fsp3) is 0.714. The van der Waals surface area contributed by atoms with Crippen molar-refractivity contribution in [3.8, 4) is 0 Å². The van der Waals surface area contributed by atoms with Crippen LogP contribution in [0.4, 0.5) is 5.13 Å². The molecule has 2 heterocycles. The number of likely N-dealkylation sites (tertiary alicyclic amines) is 1. The molecule has 0 atom stereocenters. The van der Waals surface area contributed by atoms with Crippen LogP contribution in [0.1, 0.15) is 0 Å². The van der Waals surface area contributed by atoms with Crippen LogP contribution in [0.15, 0.2) is 3.92 Å². The van der Waals surface area contributed by atoms with Gasteiger partial charge in [-0.15, -0.1) is 10.2 Å². The molecule has 0 spiro atoms. The number of nitrogens with zero attached hydrogens (tertiary/aromatic N) is 3. The van der Waals surface area contributed by atoms with Gasteiger partial charge in [0, 0.05) is 25.6 Å². The summed E-state index contributed by atoms with van der Waals surface area (Å²) in [5.74, 6) is 0.771. The molecule has 6 heteroatoms. The predicted molar refractivity (Wildman–Crippen MR) is 57.1 cm³/mol. The zero-order valence-corrected chi connectivity index (χ0v) is 9.73. The number of hydrogen-bond donors (Lipinski definition) is 1. The van der Waals surface area contributed by atoms with Crippen LogP contribution in [0.3, 0.4) is 0 Å². The van der Waals surface area contributed by atoms with Crippen LogP contribution >= 0.6 is 27.3 Å². The van der Waals surface area contributed by atoms with E-state index in [1.54, 1.807) is 0 Å². The maximum absolute atomic E-state index is 3.96. The van der Waals surface area contributed by atoms with Crippen LogP contribution in [0, 0.1) is 5.92 Å². The molecular formula is C7H11BrN4S. The van der Waals surface area contributed by atoms with Crippen LogP contribution in [0.25, 0.3) is 0 Å². The minimum Gasteiger partial charge on any atom is -0.360 e. The molecule has 1 fully saturated rings. The van der Waals surface area contributed by atoms with E-state index in [9.17, 15) is 0 Å². The third kappa shape index (κ3) is 2.38. The van der Waals surface area contributed by atoms with Gasteiger partial charge in [0.1, 0.15) is 0 Å². The molecule has 1 aliphatic rings. The van der Waals surface area contributed by atoms with E-state index in [4.69, 9.17) is 0 Å². The maximum Gasteiger partial charge on any atom is 0.206 e. The van der Waals surface area contributed by atoms with E-state index in [2.05, 4.69) is 43.4 Å². The molecule has 0 aromatic carbocycles. The van der Waals surface area contributed by atoms with Gasteiger partial charge >= 0.3 is 0 Å². The van der Waals surface area contributed by atoms with E-state index in [1.165, 1.54) is 24.4 Å². The maximum atomic E-state index is 3.96. The van der Waals surface area contributed by atoms with Crippen molar-refractivity contribution in [1.29, 1.82) is 0 Å². The molecule has 0 saturated carbocycles. The van der Waals surface area contributed by atoms with Crippen molar-refractivity contribution >= 4 is 32.4 Å². The van der Waals surface area contributed by atoms with E-state index >= 15 is 0 Å². The van der Waals surface area contributed by atoms with Crippen LogP contribution in [0.2, 0.25) is 0 Å². The Morgan fingerprint density at radius 1 is 1.62 bits per heavy atom. The molecule has 0 unspecified atom stereocenters. The molecule has 1 N–H and O–H groups in total. The minimum absolute atomic E-state index is 0.771. The molecule has 72 valence electrons. The molecule has 0 radical (unpaired) electrons. The highest BCUT2D eigenvalue weighted by Crippen LogP contribution is 2.21. The summed E-state index contributed by atoms with van der Waals surface area (Å²) in [7, 11) is 2.14. The number of rotatable bonds is 3. The molecule has 1 saturated heterocycles. The van der Waals surface area contributed by atoms with Crippen LogP contribution < -0.4 is 5.32 Å². The summed E-state index contributed by atoms with van der Waals surface area (Å²) in [6.07, 6.45) is 0. The van der Waals surface area contributed by atoms with E-state index in [-0.39, 0.29) is 0 Å². The molecule has 1 aliphatic heterocycles. The lowest BCUT2D eigenvalue weighted by atomic mass is 10.0. The second-order valence-corrected chi connectivity index (χ2v) is 5.58. The highest BCUT2D eigenvalue weighted by atomic mass is 79.9. The number of hydrogen-bond acceptors (Lipinski definition) is 5. The lowest BCUT2D eigenvalue weighted by molar-refractivity contribution is 0.144. The van der Waals surface area contributed by atoms with E-state index in [1.807, 2.05) is 0 Å². The quantitative estimate of drug-likeness (QED) is 0.891. The Labute approximate surface area is 89.5 Å². The Kier molecular flexibility index (Phi) is 2.80. The monoisotopic (exact) mass is 262 g/mol. The van der Waals surface area contributed by atoms with Gasteiger partial charge in [0.25, 0.3) is 0 Å². The van der Waals surface area contributed by atoms with Crippen molar-refractivity contribution in [2.45, 2.75) is 0 Å². The van der Waals surface area contributed by atoms with Gasteiger partial charge in [-0.3, -0.25) is 0 Å². The van der Waals surface area contributed by atoms with Gasteiger partial charge in [0.15, 0.2) is 3.92 Å². The number of nitrogens with one attached hydrogen (secondary N) is 1. The Bertz CT molecular complexity index is 284. The zero-order chi connectivity index (χ0) is 9.26. The summed E-state index contributed by atoms with van der Waals surface area (Å²) < 4.78 is 0.834. The van der Waals surface area contributed by atoms with Gasteiger partial charge in [0.2, 0.25) is 5.13 Å². The molecule has 13 heavy (non-hydrogen) atoms. The Morgan fingerprint density at radius 2 is 2.38 bits per heavy atom. The number of anilines is 1. The third-order valence-electron chi connectivity index (χ3n) is 2.08. The van der Waals surface area contributed by atoms with E-state index in [0.717, 1.165) is 21.5 Å². The highest BCUT2D eigenvalue weighted by molar-refractivity contribution is 9.11. The Balaban J connectivity index is 1.74. The summed E-state index contributed by atoms with van der Waals surface area (Å²) in [6, 6.07) is 0. The van der Waals surface area contributed by atoms with Crippen molar-refractivity contribution in [1.82, 2.24) is 15.1 Å². The summed E-state index contributed by atoms with van der Waals surface area (Å²) in [5.41, 5.74) is 0. The Morgan fingerprint density at radius 3 is 2.92 bits per heavy atom. The first-order valence-corrected chi connectivity index (χ1v) is 5.76. The second-order valence-electron chi connectivity index (χ2n) is 3.33. The first-order chi connectivity index (χ1) is 6.24. The SMILES string of the molecule is CN1CC(CNc2nnc(Br)s2)C1. The van der Waals surface area contributed by atoms with Crippen molar-refractivity contribution in [3.05, 3.63) is 3.92 Å². The third-order valence-corrected chi connectivity index (χ3v) is 3.40. The molecular weight excluding hydrogens is 252 g/mol. The Hall–Kier alpha value is -0.200. The summed E-state index contributed by atoms with van der Waals surface area (Å²) >= 11 is 4.81. The van der Waals surface area contributed by atoms with Gasteiger partial charge in [0.05, 0.1) is 0 Å². The van der Waals surface area contributed by atoms with Gasteiger partial charge in [-0.2, -0.15) is 0 Å². The van der Waals surface area contributed by atoms with Crippen molar-refractivity contribution in [2.24, 2.45) is 5.92 Å².